The van der Waals surface area contributed by atoms with Crippen molar-refractivity contribution in [3.63, 3.8) is 0 Å². The van der Waals surface area contributed by atoms with Gasteiger partial charge < -0.3 is 10.4 Å². The Kier molecular flexibility index (Phi) is 5.71. The molecule has 0 unspecified atom stereocenters. The van der Waals surface area contributed by atoms with Crippen LogP contribution < -0.4 is 10.9 Å². The van der Waals surface area contributed by atoms with Gasteiger partial charge in [0.05, 0.1) is 10.9 Å². The van der Waals surface area contributed by atoms with Gasteiger partial charge in [-0.25, -0.2) is 9.78 Å². The highest BCUT2D eigenvalue weighted by Gasteiger charge is 2.20. The van der Waals surface area contributed by atoms with Crippen LogP contribution in [0.3, 0.4) is 0 Å². The Morgan fingerprint density at radius 1 is 1.42 bits per heavy atom. The van der Waals surface area contributed by atoms with Gasteiger partial charge in [-0.1, -0.05) is 20.8 Å². The zero-order valence-corrected chi connectivity index (χ0v) is 14.8. The minimum absolute atomic E-state index is 0.0631. The molecule has 0 saturated heterocycles. The Morgan fingerprint density at radius 2 is 2.12 bits per heavy atom. The summed E-state index contributed by atoms with van der Waals surface area (Å²) >= 11 is 1.13. The van der Waals surface area contributed by atoms with E-state index >= 15 is 0 Å². The monoisotopic (exact) mass is 351 g/mol. The molecule has 0 saturated carbocycles. The molecular formula is C16H21N3O4S. The maximum absolute atomic E-state index is 12.8. The van der Waals surface area contributed by atoms with Crippen LogP contribution in [0.25, 0.3) is 10.2 Å². The Bertz CT molecular complexity index is 823. The molecule has 2 heterocycles. The molecule has 0 aromatic carbocycles. The van der Waals surface area contributed by atoms with Gasteiger partial charge in [0, 0.05) is 18.3 Å². The Hall–Kier alpha value is -2.22. The third kappa shape index (κ3) is 3.81. The molecule has 7 nitrogen and oxygen atoms in total. The van der Waals surface area contributed by atoms with Gasteiger partial charge in [-0.3, -0.25) is 14.2 Å². The molecule has 0 radical (unpaired) electrons. The zero-order valence-electron chi connectivity index (χ0n) is 14.0. The van der Waals surface area contributed by atoms with Gasteiger partial charge in [-0.2, -0.15) is 0 Å². The van der Waals surface area contributed by atoms with Gasteiger partial charge in [0.15, 0.2) is 0 Å². The fourth-order valence-corrected chi connectivity index (χ4v) is 3.24. The van der Waals surface area contributed by atoms with Crippen LogP contribution in [0.5, 0.6) is 0 Å². The summed E-state index contributed by atoms with van der Waals surface area (Å²) < 4.78 is 1.29. The molecule has 8 heteroatoms. The molecule has 24 heavy (non-hydrogen) atoms. The molecule has 1 amide bonds. The third-order valence-corrected chi connectivity index (χ3v) is 4.36. The Labute approximate surface area is 143 Å². The van der Waals surface area contributed by atoms with Crippen molar-refractivity contribution in [1.82, 2.24) is 14.9 Å². The van der Waals surface area contributed by atoms with E-state index in [0.29, 0.717) is 29.5 Å². The van der Waals surface area contributed by atoms with Gasteiger partial charge in [0.1, 0.15) is 17.2 Å². The number of aryl methyl sites for hydroxylation is 1. The van der Waals surface area contributed by atoms with Crippen molar-refractivity contribution in [3.8, 4) is 0 Å². The van der Waals surface area contributed by atoms with E-state index < -0.39 is 11.5 Å². The fraction of sp³-hybridized carbons (Fsp3) is 0.500. The van der Waals surface area contributed by atoms with Crippen LogP contribution in [0, 0.1) is 5.92 Å². The smallest absolute Gasteiger partial charge is 0.337 e. The summed E-state index contributed by atoms with van der Waals surface area (Å²) in [6.07, 6.45) is 1.31. The number of carbonyl (C=O) groups is 2. The molecule has 0 aliphatic heterocycles. The molecule has 130 valence electrons. The highest BCUT2D eigenvalue weighted by molar-refractivity contribution is 7.17. The number of hydrogen-bond donors (Lipinski definition) is 2. The number of carbonyl (C=O) groups excluding carboxylic acids is 1. The van der Waals surface area contributed by atoms with E-state index in [-0.39, 0.29) is 23.4 Å². The van der Waals surface area contributed by atoms with Crippen LogP contribution in [-0.2, 0) is 17.8 Å². The Balaban J connectivity index is 2.49. The summed E-state index contributed by atoms with van der Waals surface area (Å²) in [4.78, 5) is 41.0. The van der Waals surface area contributed by atoms with Crippen molar-refractivity contribution in [3.05, 3.63) is 27.1 Å². The number of carboxylic acids is 1. The molecule has 2 rings (SSSR count). The molecule has 2 aromatic heterocycles. The molecule has 0 aliphatic carbocycles. The van der Waals surface area contributed by atoms with E-state index in [0.717, 1.165) is 17.8 Å². The lowest BCUT2D eigenvalue weighted by molar-refractivity contribution is -0.121. The fourth-order valence-electron chi connectivity index (χ4n) is 2.32. The molecule has 0 bridgehead atoms. The first-order chi connectivity index (χ1) is 11.3. The number of thiophene rings is 1. The molecule has 2 aromatic rings. The van der Waals surface area contributed by atoms with Gasteiger partial charge in [0.2, 0.25) is 5.91 Å². The number of hydrogen-bond acceptors (Lipinski definition) is 5. The van der Waals surface area contributed by atoms with Crippen LogP contribution in [0.1, 0.15) is 43.4 Å². The number of amides is 1. The van der Waals surface area contributed by atoms with Crippen LogP contribution in [0.2, 0.25) is 0 Å². The normalized spacial score (nSPS) is 11.2. The number of nitrogens with one attached hydrogen (secondary N) is 1. The topological polar surface area (TPSA) is 101 Å². The van der Waals surface area contributed by atoms with Crippen molar-refractivity contribution >= 4 is 33.4 Å². The third-order valence-electron chi connectivity index (χ3n) is 3.49. The second-order valence-corrected chi connectivity index (χ2v) is 6.86. The van der Waals surface area contributed by atoms with E-state index in [1.807, 2.05) is 20.8 Å². The van der Waals surface area contributed by atoms with Crippen molar-refractivity contribution in [2.45, 2.75) is 40.2 Å². The Morgan fingerprint density at radius 3 is 2.71 bits per heavy atom. The van der Waals surface area contributed by atoms with Crippen LogP contribution in [0.4, 0.5) is 0 Å². The number of fused-ring (bicyclic) bond motifs is 1. The standard InChI is InChI=1S/C16H21N3O4S/c1-4-5-11-18-14-13(10(8-24-14)16(22)23)15(21)19(11)7-12(20)17-6-9(2)3/h8-9H,4-7H2,1-3H3,(H,17,20)(H,22,23). The first-order valence-electron chi connectivity index (χ1n) is 7.86. The summed E-state index contributed by atoms with van der Waals surface area (Å²) in [7, 11) is 0. The maximum atomic E-state index is 12.8. The van der Waals surface area contributed by atoms with Gasteiger partial charge in [0.25, 0.3) is 5.56 Å². The second kappa shape index (κ2) is 7.57. The molecule has 2 N–H and O–H groups in total. The van der Waals surface area contributed by atoms with E-state index in [4.69, 9.17) is 0 Å². The number of aromatic nitrogens is 2. The first kappa shape index (κ1) is 18.1. The SMILES string of the molecule is CCCc1nc2scc(C(=O)O)c2c(=O)n1CC(=O)NCC(C)C. The van der Waals surface area contributed by atoms with Crippen molar-refractivity contribution in [1.29, 1.82) is 0 Å². The van der Waals surface area contributed by atoms with Crippen molar-refractivity contribution < 1.29 is 14.7 Å². The maximum Gasteiger partial charge on any atom is 0.337 e. The summed E-state index contributed by atoms with van der Waals surface area (Å²) in [5, 5.41) is 13.5. The van der Waals surface area contributed by atoms with E-state index in [2.05, 4.69) is 10.3 Å². The second-order valence-electron chi connectivity index (χ2n) is 6.00. The number of nitrogens with zero attached hydrogens (tertiary/aromatic N) is 2. The number of carboxylic acid groups (broad SMARTS) is 1. The highest BCUT2D eigenvalue weighted by atomic mass is 32.1. The summed E-state index contributed by atoms with van der Waals surface area (Å²) in [6.45, 7) is 6.28. The first-order valence-corrected chi connectivity index (χ1v) is 8.74. The quantitative estimate of drug-likeness (QED) is 0.793. The van der Waals surface area contributed by atoms with Crippen LogP contribution in [-0.4, -0.2) is 33.1 Å². The lowest BCUT2D eigenvalue weighted by atomic mass is 10.2. The number of rotatable bonds is 7. The predicted molar refractivity (Wildman–Crippen MR) is 92.7 cm³/mol. The molecular weight excluding hydrogens is 330 g/mol. The average molecular weight is 351 g/mol. The van der Waals surface area contributed by atoms with Gasteiger partial charge in [-0.15, -0.1) is 11.3 Å². The highest BCUT2D eigenvalue weighted by Crippen LogP contribution is 2.22. The average Bonchev–Trinajstić information content (AvgIpc) is 2.93. The lowest BCUT2D eigenvalue weighted by Crippen LogP contribution is -2.36. The van der Waals surface area contributed by atoms with Gasteiger partial charge >= 0.3 is 5.97 Å². The van der Waals surface area contributed by atoms with Crippen LogP contribution >= 0.6 is 11.3 Å². The van der Waals surface area contributed by atoms with Crippen molar-refractivity contribution in [2.24, 2.45) is 5.92 Å². The predicted octanol–water partition coefficient (Wildman–Crippen LogP) is 1.88. The molecule has 0 atom stereocenters. The minimum Gasteiger partial charge on any atom is -0.478 e. The zero-order chi connectivity index (χ0) is 17.9. The summed E-state index contributed by atoms with van der Waals surface area (Å²) in [6, 6.07) is 0. The summed E-state index contributed by atoms with van der Waals surface area (Å²) in [5.74, 6) is -0.638. The minimum atomic E-state index is -1.17. The number of aromatic carboxylic acids is 1. The lowest BCUT2D eigenvalue weighted by Gasteiger charge is -2.13. The van der Waals surface area contributed by atoms with Crippen molar-refractivity contribution in [2.75, 3.05) is 6.54 Å². The van der Waals surface area contributed by atoms with Gasteiger partial charge in [-0.05, 0) is 12.3 Å². The molecule has 0 fully saturated rings. The molecule has 0 spiro atoms. The largest absolute Gasteiger partial charge is 0.478 e. The van der Waals surface area contributed by atoms with Crippen LogP contribution in [0.15, 0.2) is 10.2 Å². The summed E-state index contributed by atoms with van der Waals surface area (Å²) in [5.41, 5.74) is -0.534. The molecule has 0 aliphatic rings. The van der Waals surface area contributed by atoms with E-state index in [1.54, 1.807) is 0 Å². The van der Waals surface area contributed by atoms with E-state index in [1.165, 1.54) is 9.95 Å². The van der Waals surface area contributed by atoms with E-state index in [9.17, 15) is 19.5 Å².